The van der Waals surface area contributed by atoms with Crippen LogP contribution in [-0.4, -0.2) is 35.9 Å². The van der Waals surface area contributed by atoms with Crippen LogP contribution in [0.3, 0.4) is 0 Å². The lowest BCUT2D eigenvalue weighted by atomic mass is 9.83. The van der Waals surface area contributed by atoms with Crippen LogP contribution in [0, 0.1) is 0 Å². The van der Waals surface area contributed by atoms with E-state index < -0.39 is 0 Å². The molecular weight excluding hydrogens is 230 g/mol. The Morgan fingerprint density at radius 2 is 2.39 bits per heavy atom. The molecule has 1 aromatic rings. The topological polar surface area (TPSA) is 60.2 Å². The molecule has 3 rings (SSSR count). The van der Waals surface area contributed by atoms with Crippen molar-refractivity contribution in [1.82, 2.24) is 15.5 Å². The Bertz CT molecular complexity index is 393. The second-order valence-electron chi connectivity index (χ2n) is 5.70. The van der Waals surface area contributed by atoms with Crippen LogP contribution in [0.4, 0.5) is 0 Å². The molecule has 0 amide bonds. The lowest BCUT2D eigenvalue weighted by Gasteiger charge is -2.30. The van der Waals surface area contributed by atoms with Crippen molar-refractivity contribution in [3.8, 4) is 0 Å². The van der Waals surface area contributed by atoms with E-state index in [1.165, 1.54) is 6.42 Å². The molecule has 2 saturated heterocycles. The van der Waals surface area contributed by atoms with Gasteiger partial charge in [-0.2, -0.15) is 4.98 Å². The molecule has 2 aliphatic rings. The van der Waals surface area contributed by atoms with Crippen LogP contribution < -0.4 is 5.32 Å². The third-order valence-corrected chi connectivity index (χ3v) is 4.02. The lowest BCUT2D eigenvalue weighted by Crippen LogP contribution is -2.41. The zero-order chi connectivity index (χ0) is 12.4. The fraction of sp³-hybridized carbons (Fsp3) is 0.846. The number of nitrogens with zero attached hydrogens (tertiary/aromatic N) is 2. The summed E-state index contributed by atoms with van der Waals surface area (Å²) in [5, 5.41) is 7.51. The fourth-order valence-corrected chi connectivity index (χ4v) is 2.83. The van der Waals surface area contributed by atoms with Crippen molar-refractivity contribution in [2.75, 3.05) is 19.7 Å². The molecule has 0 aliphatic carbocycles. The van der Waals surface area contributed by atoms with Gasteiger partial charge in [0.1, 0.15) is 0 Å². The molecule has 2 aliphatic heterocycles. The molecule has 1 aromatic heterocycles. The van der Waals surface area contributed by atoms with Crippen molar-refractivity contribution in [1.29, 1.82) is 0 Å². The molecule has 5 nitrogen and oxygen atoms in total. The van der Waals surface area contributed by atoms with Crippen molar-refractivity contribution in [3.63, 3.8) is 0 Å². The highest BCUT2D eigenvalue weighted by atomic mass is 16.5. The van der Waals surface area contributed by atoms with E-state index in [2.05, 4.69) is 22.4 Å². The highest BCUT2D eigenvalue weighted by Gasteiger charge is 2.34. The van der Waals surface area contributed by atoms with E-state index in [-0.39, 0.29) is 11.5 Å². The Morgan fingerprint density at radius 3 is 3.11 bits per heavy atom. The summed E-state index contributed by atoms with van der Waals surface area (Å²) >= 11 is 0. The number of rotatable bonds is 3. The molecule has 3 heterocycles. The molecule has 2 fully saturated rings. The van der Waals surface area contributed by atoms with Gasteiger partial charge in [0.15, 0.2) is 5.82 Å². The quantitative estimate of drug-likeness (QED) is 0.880. The maximum atomic E-state index is 5.60. The predicted octanol–water partition coefficient (Wildman–Crippen LogP) is 1.43. The minimum atomic E-state index is 0.0000328. The largest absolute Gasteiger partial charge is 0.378 e. The Kier molecular flexibility index (Phi) is 3.35. The number of piperidine rings is 1. The number of nitrogens with one attached hydrogen (secondary N) is 1. The summed E-state index contributed by atoms with van der Waals surface area (Å²) in [6.45, 7) is 5.08. The van der Waals surface area contributed by atoms with Crippen LogP contribution >= 0.6 is 0 Å². The highest BCUT2D eigenvalue weighted by Crippen LogP contribution is 2.29. The second-order valence-corrected chi connectivity index (χ2v) is 5.70. The molecule has 0 aromatic carbocycles. The minimum absolute atomic E-state index is 0.0000328. The third kappa shape index (κ3) is 2.42. The van der Waals surface area contributed by atoms with Gasteiger partial charge in [0.05, 0.1) is 11.5 Å². The maximum absolute atomic E-state index is 5.60. The van der Waals surface area contributed by atoms with Crippen LogP contribution in [0.1, 0.15) is 44.3 Å². The summed E-state index contributed by atoms with van der Waals surface area (Å²) < 4.78 is 11.1. The molecule has 0 spiro atoms. The van der Waals surface area contributed by atoms with Crippen LogP contribution in [0.5, 0.6) is 0 Å². The van der Waals surface area contributed by atoms with Gasteiger partial charge >= 0.3 is 0 Å². The molecule has 0 bridgehead atoms. The Balaban J connectivity index is 1.68. The van der Waals surface area contributed by atoms with Gasteiger partial charge in [-0.05, 0) is 39.2 Å². The van der Waals surface area contributed by atoms with Crippen molar-refractivity contribution in [3.05, 3.63) is 11.7 Å². The summed E-state index contributed by atoms with van der Waals surface area (Å²) in [4.78, 5) is 4.57. The van der Waals surface area contributed by atoms with Gasteiger partial charge < -0.3 is 14.6 Å². The minimum Gasteiger partial charge on any atom is -0.378 e. The molecule has 1 N–H and O–H groups in total. The standard InChI is InChI=1S/C13H21N3O2/c1-13(5-3-6-14-9-13)12-15-11(16-18-12)8-10-4-2-7-17-10/h10,14H,2-9H2,1H3. The van der Waals surface area contributed by atoms with E-state index in [1.807, 2.05) is 0 Å². The molecule has 0 saturated carbocycles. The second kappa shape index (κ2) is 4.97. The average Bonchev–Trinajstić information content (AvgIpc) is 3.02. The van der Waals surface area contributed by atoms with E-state index in [0.717, 1.165) is 57.1 Å². The normalized spacial score (nSPS) is 32.8. The first kappa shape index (κ1) is 12.1. The third-order valence-electron chi connectivity index (χ3n) is 4.02. The van der Waals surface area contributed by atoms with Crippen molar-refractivity contribution < 1.29 is 9.26 Å². The smallest absolute Gasteiger partial charge is 0.233 e. The van der Waals surface area contributed by atoms with E-state index >= 15 is 0 Å². The monoisotopic (exact) mass is 251 g/mol. The Morgan fingerprint density at radius 1 is 1.44 bits per heavy atom. The van der Waals surface area contributed by atoms with Gasteiger partial charge in [-0.25, -0.2) is 0 Å². The predicted molar refractivity (Wildman–Crippen MR) is 66.4 cm³/mol. The summed E-state index contributed by atoms with van der Waals surface area (Å²) in [6, 6.07) is 0. The van der Waals surface area contributed by atoms with E-state index in [9.17, 15) is 0 Å². The Hall–Kier alpha value is -0.940. The molecule has 2 unspecified atom stereocenters. The van der Waals surface area contributed by atoms with Crippen molar-refractivity contribution in [2.24, 2.45) is 0 Å². The summed E-state index contributed by atoms with van der Waals surface area (Å²) in [5.74, 6) is 1.58. The lowest BCUT2D eigenvalue weighted by molar-refractivity contribution is 0.109. The van der Waals surface area contributed by atoms with Gasteiger partial charge in [0, 0.05) is 19.6 Å². The fourth-order valence-electron chi connectivity index (χ4n) is 2.83. The zero-order valence-corrected chi connectivity index (χ0v) is 10.9. The summed E-state index contributed by atoms with van der Waals surface area (Å²) in [7, 11) is 0. The van der Waals surface area contributed by atoms with E-state index in [0.29, 0.717) is 0 Å². The zero-order valence-electron chi connectivity index (χ0n) is 10.9. The number of hydrogen-bond donors (Lipinski definition) is 1. The molecule has 2 atom stereocenters. The van der Waals surface area contributed by atoms with Crippen molar-refractivity contribution >= 4 is 0 Å². The van der Waals surface area contributed by atoms with Crippen LogP contribution in [0.25, 0.3) is 0 Å². The number of ether oxygens (including phenoxy) is 1. The first-order valence-electron chi connectivity index (χ1n) is 6.92. The molecule has 5 heteroatoms. The number of aromatic nitrogens is 2. The van der Waals surface area contributed by atoms with Gasteiger partial charge in [-0.15, -0.1) is 0 Å². The molecular formula is C13H21N3O2. The first-order chi connectivity index (χ1) is 8.76. The van der Waals surface area contributed by atoms with Gasteiger partial charge in [0.25, 0.3) is 0 Å². The molecule has 18 heavy (non-hydrogen) atoms. The SMILES string of the molecule is CC1(c2nc(CC3CCCO3)no2)CCCNC1. The molecule has 0 radical (unpaired) electrons. The number of hydrogen-bond acceptors (Lipinski definition) is 5. The van der Waals surface area contributed by atoms with E-state index in [1.54, 1.807) is 0 Å². The summed E-state index contributed by atoms with van der Waals surface area (Å²) in [5.41, 5.74) is 0.0000328. The maximum Gasteiger partial charge on any atom is 0.233 e. The summed E-state index contributed by atoms with van der Waals surface area (Å²) in [6.07, 6.45) is 5.61. The highest BCUT2D eigenvalue weighted by molar-refractivity contribution is 5.06. The van der Waals surface area contributed by atoms with Crippen LogP contribution in [0.2, 0.25) is 0 Å². The van der Waals surface area contributed by atoms with Crippen LogP contribution in [-0.2, 0) is 16.6 Å². The first-order valence-corrected chi connectivity index (χ1v) is 6.92. The van der Waals surface area contributed by atoms with Gasteiger partial charge in [0.2, 0.25) is 5.89 Å². The van der Waals surface area contributed by atoms with Crippen LogP contribution in [0.15, 0.2) is 4.52 Å². The average molecular weight is 251 g/mol. The van der Waals surface area contributed by atoms with Gasteiger partial charge in [-0.1, -0.05) is 5.16 Å². The van der Waals surface area contributed by atoms with Gasteiger partial charge in [-0.3, -0.25) is 0 Å². The Labute approximate surface area is 107 Å². The van der Waals surface area contributed by atoms with E-state index in [4.69, 9.17) is 9.26 Å². The molecule has 100 valence electrons. The van der Waals surface area contributed by atoms with Crippen molar-refractivity contribution in [2.45, 2.75) is 50.5 Å².